The van der Waals surface area contributed by atoms with Crippen LogP contribution in [-0.4, -0.2) is 62.2 Å². The smallest absolute Gasteiger partial charge is 0.225 e. The van der Waals surface area contributed by atoms with Crippen molar-refractivity contribution in [3.05, 3.63) is 54.6 Å². The Balaban J connectivity index is 1.21. The number of aryl methyl sites for hydroxylation is 1. The van der Waals surface area contributed by atoms with Crippen LogP contribution in [0.3, 0.4) is 0 Å². The van der Waals surface area contributed by atoms with Gasteiger partial charge in [-0.2, -0.15) is 9.50 Å². The van der Waals surface area contributed by atoms with Gasteiger partial charge in [-0.1, -0.05) is 6.07 Å². The van der Waals surface area contributed by atoms with Crippen LogP contribution < -0.4 is 10.6 Å². The molecule has 0 spiro atoms. The van der Waals surface area contributed by atoms with Crippen LogP contribution in [0.15, 0.2) is 53.4 Å². The van der Waals surface area contributed by atoms with E-state index < -0.39 is 0 Å². The number of furan rings is 1. The molecule has 0 aromatic carbocycles. The number of anilines is 2. The van der Waals surface area contributed by atoms with E-state index in [9.17, 15) is 0 Å². The number of aromatic nitrogens is 5. The standard InChI is InChI=1S/C21H24N8O/c22-21-25-18(14-19-24-20(26-29(19)21)17-6-3-13-30-17)28-11-9-27(10-12-28)8-2-5-16-4-1-7-23-15-16/h1,3-4,6-7,13-15H,2,5,8-12H2,(H2,22,25). The van der Waals surface area contributed by atoms with Gasteiger partial charge in [0.15, 0.2) is 11.4 Å². The lowest BCUT2D eigenvalue weighted by atomic mass is 10.1. The Hall–Kier alpha value is -3.46. The minimum Gasteiger partial charge on any atom is -0.461 e. The molecule has 5 rings (SSSR count). The number of hydrogen-bond acceptors (Lipinski definition) is 8. The van der Waals surface area contributed by atoms with E-state index in [1.165, 1.54) is 5.56 Å². The van der Waals surface area contributed by atoms with E-state index in [0.717, 1.165) is 51.4 Å². The lowest BCUT2D eigenvalue weighted by Crippen LogP contribution is -2.47. The van der Waals surface area contributed by atoms with Crippen molar-refractivity contribution in [1.29, 1.82) is 0 Å². The molecule has 5 heterocycles. The Morgan fingerprint density at radius 2 is 1.97 bits per heavy atom. The first-order valence-electron chi connectivity index (χ1n) is 10.2. The lowest BCUT2D eigenvalue weighted by molar-refractivity contribution is 0.254. The first-order chi connectivity index (χ1) is 14.8. The second kappa shape index (κ2) is 8.11. The predicted molar refractivity (Wildman–Crippen MR) is 114 cm³/mol. The molecule has 1 saturated heterocycles. The molecule has 4 aromatic rings. The third-order valence-electron chi connectivity index (χ3n) is 5.44. The van der Waals surface area contributed by atoms with Gasteiger partial charge < -0.3 is 15.1 Å². The van der Waals surface area contributed by atoms with Crippen molar-refractivity contribution in [2.24, 2.45) is 0 Å². The van der Waals surface area contributed by atoms with E-state index in [1.54, 1.807) is 10.8 Å². The summed E-state index contributed by atoms with van der Waals surface area (Å²) in [4.78, 5) is 18.1. The normalized spacial score (nSPS) is 15.1. The topological polar surface area (TPSA) is 102 Å². The number of nitrogen functional groups attached to an aromatic ring is 1. The third-order valence-corrected chi connectivity index (χ3v) is 5.44. The van der Waals surface area contributed by atoms with Gasteiger partial charge in [-0.3, -0.25) is 9.88 Å². The van der Waals surface area contributed by atoms with Crippen LogP contribution >= 0.6 is 0 Å². The summed E-state index contributed by atoms with van der Waals surface area (Å²) in [7, 11) is 0. The maximum absolute atomic E-state index is 6.16. The molecule has 4 aromatic heterocycles. The van der Waals surface area contributed by atoms with Crippen molar-refractivity contribution in [2.75, 3.05) is 43.4 Å². The average molecular weight is 404 g/mol. The molecule has 0 atom stereocenters. The van der Waals surface area contributed by atoms with Gasteiger partial charge in [-0.25, -0.2) is 4.98 Å². The fourth-order valence-electron chi connectivity index (χ4n) is 3.82. The molecular weight excluding hydrogens is 380 g/mol. The zero-order valence-corrected chi connectivity index (χ0v) is 16.7. The molecule has 0 amide bonds. The fraction of sp³-hybridized carbons (Fsp3) is 0.333. The highest BCUT2D eigenvalue weighted by Gasteiger charge is 2.20. The first kappa shape index (κ1) is 18.6. The summed E-state index contributed by atoms with van der Waals surface area (Å²) in [5.41, 5.74) is 8.12. The van der Waals surface area contributed by atoms with Crippen molar-refractivity contribution in [2.45, 2.75) is 12.8 Å². The van der Waals surface area contributed by atoms with Gasteiger partial charge in [0.1, 0.15) is 5.82 Å². The second-order valence-electron chi connectivity index (χ2n) is 7.45. The van der Waals surface area contributed by atoms with Crippen molar-refractivity contribution >= 4 is 17.4 Å². The molecule has 30 heavy (non-hydrogen) atoms. The number of fused-ring (bicyclic) bond motifs is 1. The Morgan fingerprint density at radius 1 is 1.07 bits per heavy atom. The van der Waals surface area contributed by atoms with Crippen molar-refractivity contribution < 1.29 is 4.42 Å². The van der Waals surface area contributed by atoms with Crippen molar-refractivity contribution in [1.82, 2.24) is 29.5 Å². The van der Waals surface area contributed by atoms with Crippen molar-refractivity contribution in [3.8, 4) is 11.6 Å². The van der Waals surface area contributed by atoms with Crippen LogP contribution in [0.5, 0.6) is 0 Å². The molecular formula is C21H24N8O. The number of nitrogens with two attached hydrogens (primary N) is 1. The van der Waals surface area contributed by atoms with Crippen molar-refractivity contribution in [3.63, 3.8) is 0 Å². The minimum absolute atomic E-state index is 0.326. The summed E-state index contributed by atoms with van der Waals surface area (Å²) in [6.45, 7) is 4.92. The van der Waals surface area contributed by atoms with Crippen LogP contribution in [0.2, 0.25) is 0 Å². The van der Waals surface area contributed by atoms with Crippen LogP contribution in [0.1, 0.15) is 12.0 Å². The maximum atomic E-state index is 6.16. The van der Waals surface area contributed by atoms with Gasteiger partial charge >= 0.3 is 0 Å². The number of piperazine rings is 1. The molecule has 1 fully saturated rings. The molecule has 9 heteroatoms. The summed E-state index contributed by atoms with van der Waals surface area (Å²) in [5, 5.41) is 4.40. The van der Waals surface area contributed by atoms with Crippen LogP contribution in [-0.2, 0) is 6.42 Å². The van der Waals surface area contributed by atoms with E-state index in [0.29, 0.717) is 23.2 Å². The van der Waals surface area contributed by atoms with Gasteiger partial charge in [0, 0.05) is 44.6 Å². The van der Waals surface area contributed by atoms with E-state index in [1.807, 2.05) is 36.7 Å². The van der Waals surface area contributed by atoms with Gasteiger partial charge in [0.25, 0.3) is 0 Å². The highest BCUT2D eigenvalue weighted by Crippen LogP contribution is 2.22. The van der Waals surface area contributed by atoms with Crippen LogP contribution in [0, 0.1) is 0 Å². The van der Waals surface area contributed by atoms with E-state index in [4.69, 9.17) is 10.2 Å². The third kappa shape index (κ3) is 3.84. The number of pyridine rings is 1. The molecule has 0 unspecified atom stereocenters. The summed E-state index contributed by atoms with van der Waals surface area (Å²) in [5.74, 6) is 2.28. The summed E-state index contributed by atoms with van der Waals surface area (Å²) < 4.78 is 6.94. The summed E-state index contributed by atoms with van der Waals surface area (Å²) in [6.07, 6.45) is 7.57. The highest BCUT2D eigenvalue weighted by molar-refractivity contribution is 5.59. The number of rotatable bonds is 6. The largest absolute Gasteiger partial charge is 0.461 e. The molecule has 2 N–H and O–H groups in total. The predicted octanol–water partition coefficient (Wildman–Crippen LogP) is 2.12. The van der Waals surface area contributed by atoms with Crippen LogP contribution in [0.4, 0.5) is 11.8 Å². The van der Waals surface area contributed by atoms with Crippen LogP contribution in [0.25, 0.3) is 17.2 Å². The minimum atomic E-state index is 0.326. The Kier molecular flexibility index (Phi) is 5.02. The van der Waals surface area contributed by atoms with Gasteiger partial charge in [-0.05, 0) is 43.1 Å². The Bertz CT molecular complexity index is 1100. The number of hydrogen-bond donors (Lipinski definition) is 1. The summed E-state index contributed by atoms with van der Waals surface area (Å²) in [6, 6.07) is 9.71. The zero-order valence-electron chi connectivity index (χ0n) is 16.7. The number of nitrogens with zero attached hydrogens (tertiary/aromatic N) is 7. The maximum Gasteiger partial charge on any atom is 0.225 e. The van der Waals surface area contributed by atoms with Gasteiger partial charge in [0.2, 0.25) is 11.8 Å². The van der Waals surface area contributed by atoms with Gasteiger partial charge in [-0.15, -0.1) is 5.10 Å². The monoisotopic (exact) mass is 404 g/mol. The van der Waals surface area contributed by atoms with E-state index in [2.05, 4.69) is 35.9 Å². The zero-order chi connectivity index (χ0) is 20.3. The van der Waals surface area contributed by atoms with E-state index in [-0.39, 0.29) is 0 Å². The Morgan fingerprint density at radius 3 is 2.73 bits per heavy atom. The molecule has 1 aliphatic heterocycles. The lowest BCUT2D eigenvalue weighted by Gasteiger charge is -2.35. The molecule has 9 nitrogen and oxygen atoms in total. The first-order valence-corrected chi connectivity index (χ1v) is 10.2. The van der Waals surface area contributed by atoms with Gasteiger partial charge in [0.05, 0.1) is 6.26 Å². The molecule has 0 saturated carbocycles. The van der Waals surface area contributed by atoms with E-state index >= 15 is 0 Å². The molecule has 0 aliphatic carbocycles. The molecule has 154 valence electrons. The average Bonchev–Trinajstić information content (AvgIpc) is 3.45. The highest BCUT2D eigenvalue weighted by atomic mass is 16.3. The Labute approximate surface area is 174 Å². The SMILES string of the molecule is Nc1nc(N2CCN(CCCc3cccnc3)CC2)cc2nc(-c3ccco3)nn12. The quantitative estimate of drug-likeness (QED) is 0.521. The summed E-state index contributed by atoms with van der Waals surface area (Å²) >= 11 is 0. The molecule has 0 radical (unpaired) electrons. The second-order valence-corrected chi connectivity index (χ2v) is 7.45. The molecule has 0 bridgehead atoms. The molecule has 1 aliphatic rings. The fourth-order valence-corrected chi connectivity index (χ4v) is 3.82.